The Kier molecular flexibility index (Phi) is 10.3. The maximum atomic E-state index is 13.8. The SMILES string of the molecule is COC(COC(=O)C1=C(C)NC2=C(C(=O)CN(Cc3ccccc3)C2)C1c1cccc(Cl)c1Cl)c1ccccc1.Cl. The number of ether oxygens (including phenoxy) is 2. The maximum absolute atomic E-state index is 13.8. The molecule has 2 unspecified atom stereocenters. The van der Waals surface area contributed by atoms with Crippen molar-refractivity contribution in [1.82, 2.24) is 10.2 Å². The first kappa shape index (κ1) is 30.8. The predicted molar refractivity (Wildman–Crippen MR) is 163 cm³/mol. The monoisotopic (exact) mass is 612 g/mol. The summed E-state index contributed by atoms with van der Waals surface area (Å²) in [5.41, 5.74) is 4.80. The number of ketones is 1. The number of benzene rings is 3. The van der Waals surface area contributed by atoms with Crippen molar-refractivity contribution < 1.29 is 19.1 Å². The summed E-state index contributed by atoms with van der Waals surface area (Å²) in [5.74, 6) is -1.35. The highest BCUT2D eigenvalue weighted by molar-refractivity contribution is 6.42. The van der Waals surface area contributed by atoms with Gasteiger partial charge in [-0.2, -0.15) is 0 Å². The number of nitrogens with one attached hydrogen (secondary N) is 1. The van der Waals surface area contributed by atoms with Crippen LogP contribution in [0.2, 0.25) is 10.0 Å². The molecule has 0 saturated heterocycles. The van der Waals surface area contributed by atoms with Crippen LogP contribution in [0.4, 0.5) is 0 Å². The van der Waals surface area contributed by atoms with Crippen LogP contribution in [0, 0.1) is 0 Å². The minimum absolute atomic E-state index is 0. The van der Waals surface area contributed by atoms with Crippen LogP contribution in [0.15, 0.2) is 101 Å². The molecule has 3 aromatic rings. The fourth-order valence-electron chi connectivity index (χ4n) is 5.39. The standard InChI is InChI=1S/C32H30Cl2N2O4.ClH/c1-20-28(32(38)40-19-27(39-2)22-12-7-4-8-13-22)29(23-14-9-15-24(33)31(23)34)30-25(35-20)17-36(18-26(30)37)16-21-10-5-3-6-11-21;/h3-15,27,29,35H,16-19H2,1-2H3;1H. The molecule has 2 aliphatic rings. The zero-order valence-corrected chi connectivity index (χ0v) is 25.1. The third-order valence-corrected chi connectivity index (χ3v) is 8.11. The Hall–Kier alpha value is -3.13. The summed E-state index contributed by atoms with van der Waals surface area (Å²) in [6.07, 6.45) is -0.437. The Balaban J connectivity index is 0.00000387. The van der Waals surface area contributed by atoms with Gasteiger partial charge >= 0.3 is 5.97 Å². The number of nitrogens with zero attached hydrogens (tertiary/aromatic N) is 1. The van der Waals surface area contributed by atoms with E-state index in [2.05, 4.69) is 10.2 Å². The highest BCUT2D eigenvalue weighted by Crippen LogP contribution is 2.44. The normalized spacial score (nSPS) is 17.9. The van der Waals surface area contributed by atoms with Crippen molar-refractivity contribution in [3.63, 3.8) is 0 Å². The molecule has 5 rings (SSSR count). The molecule has 0 fully saturated rings. The highest BCUT2D eigenvalue weighted by atomic mass is 35.5. The van der Waals surface area contributed by atoms with Crippen molar-refractivity contribution in [3.05, 3.63) is 128 Å². The lowest BCUT2D eigenvalue weighted by atomic mass is 9.77. The van der Waals surface area contributed by atoms with Crippen molar-refractivity contribution in [2.75, 3.05) is 26.8 Å². The fraction of sp³-hybridized carbons (Fsp3) is 0.250. The van der Waals surface area contributed by atoms with Crippen LogP contribution in [0.1, 0.15) is 35.6 Å². The number of rotatable bonds is 8. The van der Waals surface area contributed by atoms with Crippen LogP contribution < -0.4 is 5.32 Å². The van der Waals surface area contributed by atoms with Gasteiger partial charge in [-0.05, 0) is 29.7 Å². The molecule has 6 nitrogen and oxygen atoms in total. The third kappa shape index (κ3) is 6.69. The second-order valence-corrected chi connectivity index (χ2v) is 10.7. The minimum atomic E-state index is -0.723. The van der Waals surface area contributed by atoms with Gasteiger partial charge in [0.15, 0.2) is 5.78 Å². The molecule has 0 amide bonds. The first-order valence-electron chi connectivity index (χ1n) is 13.1. The van der Waals surface area contributed by atoms with E-state index in [-0.39, 0.29) is 31.3 Å². The van der Waals surface area contributed by atoms with Crippen molar-refractivity contribution in [2.45, 2.75) is 25.5 Å². The van der Waals surface area contributed by atoms with Gasteiger partial charge in [0, 0.05) is 43.1 Å². The topological polar surface area (TPSA) is 67.9 Å². The average molecular weight is 614 g/mol. The van der Waals surface area contributed by atoms with Gasteiger partial charge in [0.2, 0.25) is 0 Å². The quantitative estimate of drug-likeness (QED) is 0.287. The molecule has 2 heterocycles. The van der Waals surface area contributed by atoms with Gasteiger partial charge in [0.05, 0.1) is 22.2 Å². The van der Waals surface area contributed by atoms with E-state index in [1.54, 1.807) is 25.3 Å². The van der Waals surface area contributed by atoms with Crippen LogP contribution in [0.3, 0.4) is 0 Å². The largest absolute Gasteiger partial charge is 0.459 e. The van der Waals surface area contributed by atoms with Crippen molar-refractivity contribution in [2.24, 2.45) is 0 Å². The number of dihydropyridines is 1. The Morgan fingerprint density at radius 2 is 1.68 bits per heavy atom. The van der Waals surface area contributed by atoms with Gasteiger partial charge in [0.25, 0.3) is 0 Å². The molecular formula is C32H31Cl3N2O4. The van der Waals surface area contributed by atoms with E-state index in [0.717, 1.165) is 16.8 Å². The summed E-state index contributed by atoms with van der Waals surface area (Å²) >= 11 is 13.1. The number of halogens is 3. The Morgan fingerprint density at radius 3 is 2.37 bits per heavy atom. The summed E-state index contributed by atoms with van der Waals surface area (Å²) in [7, 11) is 1.58. The second kappa shape index (κ2) is 13.7. The summed E-state index contributed by atoms with van der Waals surface area (Å²) in [4.78, 5) is 29.6. The highest BCUT2D eigenvalue weighted by Gasteiger charge is 2.41. The summed E-state index contributed by atoms with van der Waals surface area (Å²) in [5, 5.41) is 4.01. The van der Waals surface area contributed by atoms with E-state index >= 15 is 0 Å². The van der Waals surface area contributed by atoms with Crippen molar-refractivity contribution >= 4 is 47.4 Å². The average Bonchev–Trinajstić information content (AvgIpc) is 2.95. The van der Waals surface area contributed by atoms with E-state index in [4.69, 9.17) is 32.7 Å². The lowest BCUT2D eigenvalue weighted by Crippen LogP contribution is -2.45. The van der Waals surface area contributed by atoms with E-state index < -0.39 is 18.0 Å². The number of hydrogen-bond acceptors (Lipinski definition) is 6. The van der Waals surface area contributed by atoms with Gasteiger partial charge in [-0.1, -0.05) is 96.0 Å². The number of carbonyl (C=O) groups excluding carboxylic acids is 2. The number of carbonyl (C=O) groups is 2. The third-order valence-electron chi connectivity index (χ3n) is 7.28. The van der Waals surface area contributed by atoms with E-state index in [1.807, 2.05) is 67.6 Å². The second-order valence-electron chi connectivity index (χ2n) is 9.92. The molecule has 3 aromatic carbocycles. The number of methoxy groups -OCH3 is 1. The Morgan fingerprint density at radius 1 is 1.00 bits per heavy atom. The smallest absolute Gasteiger partial charge is 0.336 e. The van der Waals surface area contributed by atoms with Gasteiger partial charge in [-0.25, -0.2) is 4.79 Å². The van der Waals surface area contributed by atoms with Crippen LogP contribution in [0.25, 0.3) is 0 Å². The first-order chi connectivity index (χ1) is 19.4. The van der Waals surface area contributed by atoms with Gasteiger partial charge in [-0.15, -0.1) is 12.4 Å². The molecule has 0 aliphatic carbocycles. The molecule has 2 aliphatic heterocycles. The van der Waals surface area contributed by atoms with E-state index in [9.17, 15) is 9.59 Å². The molecular weight excluding hydrogens is 583 g/mol. The lowest BCUT2D eigenvalue weighted by Gasteiger charge is -2.38. The summed E-state index contributed by atoms with van der Waals surface area (Å²) in [6, 6.07) is 24.8. The zero-order chi connectivity index (χ0) is 28.2. The van der Waals surface area contributed by atoms with Crippen LogP contribution >= 0.6 is 35.6 Å². The molecule has 0 saturated carbocycles. The van der Waals surface area contributed by atoms with Crippen LogP contribution in [-0.2, 0) is 25.6 Å². The van der Waals surface area contributed by atoms with Gasteiger partial charge in [0.1, 0.15) is 12.7 Å². The first-order valence-corrected chi connectivity index (χ1v) is 13.8. The molecule has 0 aromatic heterocycles. The fourth-order valence-corrected chi connectivity index (χ4v) is 5.81. The van der Waals surface area contributed by atoms with Crippen LogP contribution in [-0.4, -0.2) is 43.5 Å². The Labute approximate surface area is 256 Å². The van der Waals surface area contributed by atoms with Gasteiger partial charge < -0.3 is 14.8 Å². The summed E-state index contributed by atoms with van der Waals surface area (Å²) < 4.78 is 11.4. The van der Waals surface area contributed by atoms with Crippen LogP contribution in [0.5, 0.6) is 0 Å². The minimum Gasteiger partial charge on any atom is -0.459 e. The number of hydrogen-bond donors (Lipinski definition) is 1. The predicted octanol–water partition coefficient (Wildman–Crippen LogP) is 6.65. The lowest BCUT2D eigenvalue weighted by molar-refractivity contribution is -0.143. The Bertz CT molecular complexity index is 1470. The molecule has 9 heteroatoms. The van der Waals surface area contributed by atoms with E-state index in [1.165, 1.54) is 0 Å². The zero-order valence-electron chi connectivity index (χ0n) is 22.7. The van der Waals surface area contributed by atoms with Gasteiger partial charge in [-0.3, -0.25) is 9.69 Å². The maximum Gasteiger partial charge on any atom is 0.336 e. The molecule has 214 valence electrons. The summed E-state index contributed by atoms with van der Waals surface area (Å²) in [6.45, 7) is 3.19. The van der Waals surface area contributed by atoms with Crippen molar-refractivity contribution in [3.8, 4) is 0 Å². The number of Topliss-reactive ketones (excluding diaryl/α,β-unsaturated/α-hetero) is 1. The molecule has 0 spiro atoms. The van der Waals surface area contributed by atoms with Crippen molar-refractivity contribution in [1.29, 1.82) is 0 Å². The molecule has 0 bridgehead atoms. The molecule has 1 N–H and O–H groups in total. The molecule has 0 radical (unpaired) electrons. The van der Waals surface area contributed by atoms with E-state index in [0.29, 0.717) is 45.5 Å². The number of allylic oxidation sites excluding steroid dienone is 1. The number of esters is 1. The molecule has 41 heavy (non-hydrogen) atoms. The molecule has 2 atom stereocenters.